The van der Waals surface area contributed by atoms with Gasteiger partial charge < -0.3 is 10.1 Å². The average molecular weight is 181 g/mol. The Balaban J connectivity index is 2.10. The topological polar surface area (TPSA) is 55.4 Å². The van der Waals surface area contributed by atoms with E-state index in [1.165, 1.54) is 6.92 Å². The fourth-order valence-electron chi connectivity index (χ4n) is 1.87. The molecule has 0 aromatic rings. The first-order valence-corrected chi connectivity index (χ1v) is 4.33. The van der Waals surface area contributed by atoms with E-state index >= 15 is 0 Å². The van der Waals surface area contributed by atoms with Gasteiger partial charge in [0, 0.05) is 12.8 Å². The monoisotopic (exact) mass is 181 g/mol. The van der Waals surface area contributed by atoms with Crippen molar-refractivity contribution in [3.63, 3.8) is 0 Å². The molecule has 13 heavy (non-hydrogen) atoms. The molecule has 4 nitrogen and oxygen atoms in total. The number of carbonyl (C=O) groups excluding carboxylic acids is 2. The Labute approximate surface area is 75.9 Å². The van der Waals surface area contributed by atoms with Gasteiger partial charge in [-0.1, -0.05) is 6.08 Å². The van der Waals surface area contributed by atoms with Gasteiger partial charge in [-0.2, -0.15) is 0 Å². The maximum absolute atomic E-state index is 11.3. The third kappa shape index (κ3) is 1.32. The van der Waals surface area contributed by atoms with Crippen LogP contribution in [0.3, 0.4) is 0 Å². The first-order chi connectivity index (χ1) is 6.18. The Bertz CT molecular complexity index is 285. The maximum Gasteiger partial charge on any atom is 0.329 e. The van der Waals surface area contributed by atoms with E-state index in [0.717, 1.165) is 6.42 Å². The molecule has 0 bridgehead atoms. The molecule has 0 unspecified atom stereocenters. The van der Waals surface area contributed by atoms with Crippen molar-refractivity contribution in [2.75, 3.05) is 0 Å². The van der Waals surface area contributed by atoms with E-state index in [1.807, 2.05) is 12.2 Å². The van der Waals surface area contributed by atoms with Crippen molar-refractivity contribution < 1.29 is 14.3 Å². The van der Waals surface area contributed by atoms with Crippen LogP contribution in [0.25, 0.3) is 0 Å². The molecule has 0 aromatic heterocycles. The summed E-state index contributed by atoms with van der Waals surface area (Å²) in [5.74, 6) is -0.388. The number of hydrogen-bond acceptors (Lipinski definition) is 3. The van der Waals surface area contributed by atoms with Gasteiger partial charge in [0.15, 0.2) is 0 Å². The number of allylic oxidation sites excluding steroid dienone is 1. The van der Waals surface area contributed by atoms with Gasteiger partial charge in [0.1, 0.15) is 12.1 Å². The van der Waals surface area contributed by atoms with E-state index in [9.17, 15) is 9.59 Å². The maximum atomic E-state index is 11.3. The minimum absolute atomic E-state index is 0.108. The molecule has 1 saturated heterocycles. The quantitative estimate of drug-likeness (QED) is 0.457. The number of nitrogens with one attached hydrogen (secondary N) is 1. The van der Waals surface area contributed by atoms with E-state index in [0.29, 0.717) is 0 Å². The highest BCUT2D eigenvalue weighted by atomic mass is 16.6. The zero-order valence-electron chi connectivity index (χ0n) is 7.32. The summed E-state index contributed by atoms with van der Waals surface area (Å²) >= 11 is 0. The molecule has 1 aliphatic carbocycles. The zero-order valence-corrected chi connectivity index (χ0v) is 7.32. The predicted octanol–water partition coefficient (Wildman–Crippen LogP) is -0.00740. The lowest BCUT2D eigenvalue weighted by atomic mass is 9.98. The fourth-order valence-corrected chi connectivity index (χ4v) is 1.87. The van der Waals surface area contributed by atoms with E-state index in [2.05, 4.69) is 5.32 Å². The number of amides is 1. The molecule has 1 amide bonds. The van der Waals surface area contributed by atoms with Crippen LogP contribution in [0, 0.1) is 5.92 Å². The van der Waals surface area contributed by atoms with E-state index < -0.39 is 6.04 Å². The number of rotatable bonds is 1. The van der Waals surface area contributed by atoms with E-state index in [-0.39, 0.29) is 23.9 Å². The van der Waals surface area contributed by atoms with Gasteiger partial charge in [-0.3, -0.25) is 4.79 Å². The molecular weight excluding hydrogens is 170 g/mol. The molecule has 1 aliphatic heterocycles. The number of esters is 1. The molecule has 2 aliphatic rings. The van der Waals surface area contributed by atoms with Gasteiger partial charge >= 0.3 is 5.97 Å². The predicted molar refractivity (Wildman–Crippen MR) is 44.7 cm³/mol. The second kappa shape index (κ2) is 2.87. The van der Waals surface area contributed by atoms with Crippen LogP contribution in [0.15, 0.2) is 12.2 Å². The summed E-state index contributed by atoms with van der Waals surface area (Å²) in [5.41, 5.74) is 0. The lowest BCUT2D eigenvalue weighted by Gasteiger charge is -2.13. The number of hydrogen-bond donors (Lipinski definition) is 1. The third-order valence-corrected chi connectivity index (χ3v) is 2.45. The van der Waals surface area contributed by atoms with Crippen molar-refractivity contribution >= 4 is 11.9 Å². The minimum atomic E-state index is -0.447. The SMILES string of the molecule is CC(=O)N[C@H]1C(=O)O[C@H]2C=CC[C@H]21. The van der Waals surface area contributed by atoms with E-state index in [4.69, 9.17) is 4.74 Å². The van der Waals surface area contributed by atoms with Crippen molar-refractivity contribution in [1.82, 2.24) is 5.32 Å². The van der Waals surface area contributed by atoms with Crippen LogP contribution >= 0.6 is 0 Å². The van der Waals surface area contributed by atoms with Crippen LogP contribution in [0.5, 0.6) is 0 Å². The highest BCUT2D eigenvalue weighted by Crippen LogP contribution is 2.31. The normalized spacial score (nSPS) is 35.8. The van der Waals surface area contributed by atoms with Crippen molar-refractivity contribution in [2.24, 2.45) is 5.92 Å². The van der Waals surface area contributed by atoms with Gasteiger partial charge in [-0.15, -0.1) is 0 Å². The van der Waals surface area contributed by atoms with Crippen molar-refractivity contribution in [1.29, 1.82) is 0 Å². The summed E-state index contributed by atoms with van der Waals surface area (Å²) < 4.78 is 5.06. The number of ether oxygens (including phenoxy) is 1. The van der Waals surface area contributed by atoms with Crippen LogP contribution in [0.4, 0.5) is 0 Å². The Morgan fingerprint density at radius 2 is 2.46 bits per heavy atom. The molecule has 3 atom stereocenters. The summed E-state index contributed by atoms with van der Waals surface area (Å²) in [5, 5.41) is 2.61. The Morgan fingerprint density at radius 3 is 3.15 bits per heavy atom. The van der Waals surface area contributed by atoms with Gasteiger partial charge in [-0.25, -0.2) is 4.79 Å². The van der Waals surface area contributed by atoms with Crippen LogP contribution in [-0.2, 0) is 14.3 Å². The molecular formula is C9H11NO3. The van der Waals surface area contributed by atoms with Crippen LogP contribution < -0.4 is 5.32 Å². The smallest absolute Gasteiger partial charge is 0.329 e. The van der Waals surface area contributed by atoms with Crippen LogP contribution in [0.1, 0.15) is 13.3 Å². The van der Waals surface area contributed by atoms with Gasteiger partial charge in [0.2, 0.25) is 5.91 Å². The van der Waals surface area contributed by atoms with Gasteiger partial charge in [-0.05, 0) is 12.5 Å². The molecule has 0 aromatic carbocycles. The number of fused-ring (bicyclic) bond motifs is 1. The highest BCUT2D eigenvalue weighted by Gasteiger charge is 2.45. The second-order valence-corrected chi connectivity index (χ2v) is 3.41. The Kier molecular flexibility index (Phi) is 1.83. The van der Waals surface area contributed by atoms with Gasteiger partial charge in [0.05, 0.1) is 0 Å². The Morgan fingerprint density at radius 1 is 1.69 bits per heavy atom. The summed E-state index contributed by atoms with van der Waals surface area (Å²) in [7, 11) is 0. The lowest BCUT2D eigenvalue weighted by Crippen LogP contribution is -2.41. The molecule has 2 rings (SSSR count). The molecule has 1 N–H and O–H groups in total. The Hall–Kier alpha value is -1.32. The van der Waals surface area contributed by atoms with Crippen LogP contribution in [0.2, 0.25) is 0 Å². The summed E-state index contributed by atoms with van der Waals surface area (Å²) in [6, 6.07) is -0.447. The first-order valence-electron chi connectivity index (χ1n) is 4.33. The van der Waals surface area contributed by atoms with Crippen molar-refractivity contribution in [2.45, 2.75) is 25.5 Å². The van der Waals surface area contributed by atoms with Crippen molar-refractivity contribution in [3.05, 3.63) is 12.2 Å². The van der Waals surface area contributed by atoms with Gasteiger partial charge in [0.25, 0.3) is 0 Å². The fraction of sp³-hybridized carbons (Fsp3) is 0.556. The largest absolute Gasteiger partial charge is 0.456 e. The molecule has 0 radical (unpaired) electrons. The summed E-state index contributed by atoms with van der Waals surface area (Å²) in [6.45, 7) is 1.41. The average Bonchev–Trinajstić information content (AvgIpc) is 2.55. The summed E-state index contributed by atoms with van der Waals surface area (Å²) in [6.07, 6.45) is 4.55. The zero-order chi connectivity index (χ0) is 9.42. The molecule has 70 valence electrons. The molecule has 0 saturated carbocycles. The molecule has 0 spiro atoms. The standard InChI is InChI=1S/C9H11NO3/c1-5(11)10-8-6-3-2-4-7(6)13-9(8)12/h2,4,6-8H,3H2,1H3,(H,10,11)/t6-,7+,8-/m1/s1. The second-order valence-electron chi connectivity index (χ2n) is 3.41. The van der Waals surface area contributed by atoms with Crippen molar-refractivity contribution in [3.8, 4) is 0 Å². The first kappa shape index (κ1) is 8.29. The van der Waals surface area contributed by atoms with Crippen LogP contribution in [-0.4, -0.2) is 24.0 Å². The minimum Gasteiger partial charge on any atom is -0.456 e. The number of carbonyl (C=O) groups is 2. The third-order valence-electron chi connectivity index (χ3n) is 2.45. The summed E-state index contributed by atoms with van der Waals surface area (Å²) in [4.78, 5) is 22.0. The molecule has 1 heterocycles. The highest BCUT2D eigenvalue weighted by molar-refractivity contribution is 5.85. The molecule has 4 heteroatoms. The molecule has 1 fully saturated rings. The lowest BCUT2D eigenvalue weighted by molar-refractivity contribution is -0.142. The van der Waals surface area contributed by atoms with E-state index in [1.54, 1.807) is 0 Å².